The number of sulfonamides is 1. The minimum atomic E-state index is -3.01. The van der Waals surface area contributed by atoms with Crippen molar-refractivity contribution in [2.75, 3.05) is 51.6 Å². The fourth-order valence-electron chi connectivity index (χ4n) is 2.36. The van der Waals surface area contributed by atoms with Crippen molar-refractivity contribution in [1.29, 1.82) is 0 Å². The van der Waals surface area contributed by atoms with Crippen molar-refractivity contribution in [1.82, 2.24) is 14.1 Å². The Hall–Kier alpha value is -0.860. The van der Waals surface area contributed by atoms with Crippen LogP contribution in [0.4, 0.5) is 4.79 Å². The number of piperazine rings is 1. The first-order chi connectivity index (χ1) is 8.49. The molecule has 7 nitrogen and oxygen atoms in total. The Morgan fingerprint density at radius 3 is 2.22 bits per heavy atom. The van der Waals surface area contributed by atoms with Crippen molar-refractivity contribution in [2.45, 2.75) is 6.42 Å². The lowest BCUT2D eigenvalue weighted by molar-refractivity contribution is 0.104. The highest BCUT2D eigenvalue weighted by atomic mass is 32.2. The summed E-state index contributed by atoms with van der Waals surface area (Å²) < 4.78 is 24.7. The van der Waals surface area contributed by atoms with Crippen LogP contribution in [0.5, 0.6) is 0 Å². The molecule has 2 aliphatic rings. The standard InChI is InChI=1S/C10H19N3O4S/c14-10(15)12-6-3-11(4-7-12)5-8-13-2-1-9-18(13,16)17/h1-9H2,(H,14,15). The number of amides is 1. The van der Waals surface area contributed by atoms with E-state index in [9.17, 15) is 13.2 Å². The summed E-state index contributed by atoms with van der Waals surface area (Å²) in [4.78, 5) is 14.2. The second kappa shape index (κ2) is 5.41. The fourth-order valence-corrected chi connectivity index (χ4v) is 3.88. The lowest BCUT2D eigenvalue weighted by Crippen LogP contribution is -2.50. The minimum Gasteiger partial charge on any atom is -0.465 e. The molecule has 1 amide bonds. The van der Waals surface area contributed by atoms with Crippen molar-refractivity contribution in [3.8, 4) is 0 Å². The van der Waals surface area contributed by atoms with Crippen LogP contribution in [0.15, 0.2) is 0 Å². The quantitative estimate of drug-likeness (QED) is 0.739. The Morgan fingerprint density at radius 2 is 1.72 bits per heavy atom. The van der Waals surface area contributed by atoms with Crippen molar-refractivity contribution in [3.05, 3.63) is 0 Å². The zero-order valence-corrected chi connectivity index (χ0v) is 11.1. The molecule has 0 aromatic carbocycles. The van der Waals surface area contributed by atoms with Gasteiger partial charge < -0.3 is 10.0 Å². The van der Waals surface area contributed by atoms with Gasteiger partial charge >= 0.3 is 6.09 Å². The van der Waals surface area contributed by atoms with E-state index in [1.807, 2.05) is 0 Å². The van der Waals surface area contributed by atoms with Crippen molar-refractivity contribution in [2.24, 2.45) is 0 Å². The molecule has 0 bridgehead atoms. The maximum Gasteiger partial charge on any atom is 0.407 e. The van der Waals surface area contributed by atoms with Crippen LogP contribution in [0, 0.1) is 0 Å². The summed E-state index contributed by atoms with van der Waals surface area (Å²) in [6.07, 6.45) is -0.161. The van der Waals surface area contributed by atoms with E-state index < -0.39 is 16.1 Å². The highest BCUT2D eigenvalue weighted by Crippen LogP contribution is 2.13. The average Bonchev–Trinajstić information content (AvgIpc) is 2.66. The second-order valence-corrected chi connectivity index (χ2v) is 6.77. The zero-order valence-electron chi connectivity index (χ0n) is 10.3. The first kappa shape index (κ1) is 13.6. The van der Waals surface area contributed by atoms with Gasteiger partial charge in [-0.1, -0.05) is 0 Å². The number of carboxylic acid groups (broad SMARTS) is 1. The van der Waals surface area contributed by atoms with Crippen molar-refractivity contribution < 1.29 is 18.3 Å². The number of hydrogen-bond acceptors (Lipinski definition) is 4. The van der Waals surface area contributed by atoms with Gasteiger partial charge in [0.2, 0.25) is 10.0 Å². The molecule has 0 spiro atoms. The highest BCUT2D eigenvalue weighted by molar-refractivity contribution is 7.89. The molecule has 0 unspecified atom stereocenters. The first-order valence-corrected chi connectivity index (χ1v) is 7.78. The molecular formula is C10H19N3O4S. The van der Waals surface area contributed by atoms with Gasteiger partial charge in [-0.25, -0.2) is 17.5 Å². The maximum absolute atomic E-state index is 11.6. The van der Waals surface area contributed by atoms with Crippen molar-refractivity contribution >= 4 is 16.1 Å². The summed E-state index contributed by atoms with van der Waals surface area (Å²) in [5.74, 6) is 0.264. The molecule has 0 aliphatic carbocycles. The van der Waals surface area contributed by atoms with Crippen LogP contribution in [0.2, 0.25) is 0 Å². The van der Waals surface area contributed by atoms with E-state index in [1.165, 1.54) is 9.21 Å². The van der Waals surface area contributed by atoms with Crippen LogP contribution in [0.1, 0.15) is 6.42 Å². The molecule has 0 aromatic rings. The van der Waals surface area contributed by atoms with E-state index >= 15 is 0 Å². The molecule has 2 aliphatic heterocycles. The molecule has 2 fully saturated rings. The highest BCUT2D eigenvalue weighted by Gasteiger charge is 2.28. The zero-order chi connectivity index (χ0) is 13.2. The molecule has 2 rings (SSSR count). The smallest absolute Gasteiger partial charge is 0.407 e. The molecule has 104 valence electrons. The van der Waals surface area contributed by atoms with Gasteiger partial charge in [0.1, 0.15) is 0 Å². The SMILES string of the molecule is O=C(O)N1CCN(CCN2CCCS2(=O)=O)CC1. The molecule has 0 atom stereocenters. The Balaban J connectivity index is 1.74. The normalized spacial score (nSPS) is 25.4. The second-order valence-electron chi connectivity index (χ2n) is 4.68. The summed E-state index contributed by atoms with van der Waals surface area (Å²) in [5.41, 5.74) is 0. The van der Waals surface area contributed by atoms with Crippen LogP contribution < -0.4 is 0 Å². The number of nitrogens with zero attached hydrogens (tertiary/aromatic N) is 3. The molecule has 2 saturated heterocycles. The molecule has 18 heavy (non-hydrogen) atoms. The molecule has 0 radical (unpaired) electrons. The van der Waals surface area contributed by atoms with E-state index in [0.29, 0.717) is 45.8 Å². The van der Waals surface area contributed by atoms with Gasteiger partial charge in [-0.05, 0) is 6.42 Å². The van der Waals surface area contributed by atoms with Gasteiger partial charge in [0.15, 0.2) is 0 Å². The monoisotopic (exact) mass is 277 g/mol. The first-order valence-electron chi connectivity index (χ1n) is 6.17. The van der Waals surface area contributed by atoms with E-state index in [4.69, 9.17) is 5.11 Å². The maximum atomic E-state index is 11.6. The van der Waals surface area contributed by atoms with Crippen LogP contribution in [-0.2, 0) is 10.0 Å². The minimum absolute atomic E-state index is 0.264. The molecular weight excluding hydrogens is 258 g/mol. The lowest BCUT2D eigenvalue weighted by Gasteiger charge is -2.33. The van der Waals surface area contributed by atoms with Gasteiger partial charge in [0.25, 0.3) is 0 Å². The number of carbonyl (C=O) groups is 1. The van der Waals surface area contributed by atoms with Crippen LogP contribution >= 0.6 is 0 Å². The van der Waals surface area contributed by atoms with Gasteiger partial charge in [-0.2, -0.15) is 0 Å². The predicted octanol–water partition coefficient (Wildman–Crippen LogP) is -0.682. The van der Waals surface area contributed by atoms with E-state index in [-0.39, 0.29) is 5.75 Å². The number of hydrogen-bond donors (Lipinski definition) is 1. The molecule has 0 aromatic heterocycles. The Bertz CT molecular complexity index is 403. The third-order valence-electron chi connectivity index (χ3n) is 3.51. The van der Waals surface area contributed by atoms with E-state index in [2.05, 4.69) is 4.90 Å². The van der Waals surface area contributed by atoms with Gasteiger partial charge in [-0.3, -0.25) is 4.90 Å². The van der Waals surface area contributed by atoms with Gasteiger partial charge in [0, 0.05) is 45.8 Å². The van der Waals surface area contributed by atoms with E-state index in [1.54, 1.807) is 0 Å². The van der Waals surface area contributed by atoms with Gasteiger partial charge in [0.05, 0.1) is 5.75 Å². The van der Waals surface area contributed by atoms with Crippen LogP contribution in [0.3, 0.4) is 0 Å². The Labute approximate surface area is 107 Å². The Kier molecular flexibility index (Phi) is 4.08. The molecule has 1 N–H and O–H groups in total. The summed E-state index contributed by atoms with van der Waals surface area (Å²) >= 11 is 0. The topological polar surface area (TPSA) is 81.2 Å². The lowest BCUT2D eigenvalue weighted by atomic mass is 10.3. The largest absolute Gasteiger partial charge is 0.465 e. The summed E-state index contributed by atoms with van der Waals surface area (Å²) in [6.45, 7) is 4.20. The average molecular weight is 277 g/mol. The van der Waals surface area contributed by atoms with Crippen molar-refractivity contribution in [3.63, 3.8) is 0 Å². The summed E-state index contributed by atoms with van der Waals surface area (Å²) in [5, 5.41) is 8.82. The van der Waals surface area contributed by atoms with E-state index in [0.717, 1.165) is 6.42 Å². The van der Waals surface area contributed by atoms with Gasteiger partial charge in [-0.15, -0.1) is 0 Å². The van der Waals surface area contributed by atoms with Crippen LogP contribution in [0.25, 0.3) is 0 Å². The fraction of sp³-hybridized carbons (Fsp3) is 0.900. The summed E-state index contributed by atoms with van der Waals surface area (Å²) in [7, 11) is -3.01. The molecule has 2 heterocycles. The summed E-state index contributed by atoms with van der Waals surface area (Å²) in [6, 6.07) is 0. The third-order valence-corrected chi connectivity index (χ3v) is 5.47. The predicted molar refractivity (Wildman–Crippen MR) is 66.0 cm³/mol. The Morgan fingerprint density at radius 1 is 1.06 bits per heavy atom. The molecule has 0 saturated carbocycles. The third kappa shape index (κ3) is 3.12. The van der Waals surface area contributed by atoms with Crippen LogP contribution in [-0.4, -0.2) is 85.3 Å². The number of rotatable bonds is 3. The molecule has 8 heteroatoms.